The minimum atomic E-state index is -0.721. The molecule has 1 heterocycles. The Kier molecular flexibility index (Phi) is 2.42. The number of aliphatic carboxylic acids is 1. The highest BCUT2D eigenvalue weighted by Gasteiger charge is 2.35. The van der Waals surface area contributed by atoms with E-state index in [1.165, 1.54) is 0 Å². The Balaban J connectivity index is 2.51. The van der Waals surface area contributed by atoms with E-state index in [0.29, 0.717) is 5.92 Å². The van der Waals surface area contributed by atoms with Crippen LogP contribution >= 0.6 is 0 Å². The number of hydrogen-bond donors (Lipinski definition) is 2. The predicted octanol–water partition coefficient (Wildman–Crippen LogP) is 1.10. The van der Waals surface area contributed by atoms with Gasteiger partial charge in [0.15, 0.2) is 0 Å². The summed E-state index contributed by atoms with van der Waals surface area (Å²) in [6.45, 7) is 7.30. The van der Waals surface area contributed by atoms with Crippen LogP contribution in [0.1, 0.15) is 27.2 Å². The van der Waals surface area contributed by atoms with Crippen LogP contribution in [0.15, 0.2) is 0 Å². The maximum Gasteiger partial charge on any atom is 0.320 e. The van der Waals surface area contributed by atoms with Crippen molar-refractivity contribution < 1.29 is 9.90 Å². The van der Waals surface area contributed by atoms with Gasteiger partial charge in [-0.2, -0.15) is 0 Å². The van der Waals surface area contributed by atoms with Gasteiger partial charge in [0.1, 0.15) is 6.04 Å². The van der Waals surface area contributed by atoms with Gasteiger partial charge in [-0.3, -0.25) is 4.79 Å². The number of carboxylic acid groups (broad SMARTS) is 1. The van der Waals surface area contributed by atoms with E-state index >= 15 is 0 Å². The average Bonchev–Trinajstić information content (AvgIpc) is 2.30. The fourth-order valence-corrected chi connectivity index (χ4v) is 1.58. The Morgan fingerprint density at radius 3 is 2.33 bits per heavy atom. The molecule has 12 heavy (non-hydrogen) atoms. The van der Waals surface area contributed by atoms with Crippen LogP contribution in [-0.2, 0) is 4.79 Å². The Hall–Kier alpha value is -0.570. The van der Waals surface area contributed by atoms with E-state index in [1.54, 1.807) is 0 Å². The zero-order chi connectivity index (χ0) is 9.35. The SMILES string of the molecule is CC(C)(C)C1CN[C@H](C(=O)O)C1. The zero-order valence-corrected chi connectivity index (χ0v) is 7.92. The van der Waals surface area contributed by atoms with Crippen molar-refractivity contribution in [3.63, 3.8) is 0 Å². The minimum Gasteiger partial charge on any atom is -0.480 e. The molecule has 0 radical (unpaired) electrons. The van der Waals surface area contributed by atoms with Gasteiger partial charge in [-0.15, -0.1) is 0 Å². The van der Waals surface area contributed by atoms with E-state index in [0.717, 1.165) is 13.0 Å². The number of rotatable bonds is 1. The first kappa shape index (κ1) is 9.52. The van der Waals surface area contributed by atoms with Crippen LogP contribution in [0.3, 0.4) is 0 Å². The van der Waals surface area contributed by atoms with Gasteiger partial charge in [-0.1, -0.05) is 20.8 Å². The normalized spacial score (nSPS) is 30.6. The number of carboxylic acids is 1. The highest BCUT2D eigenvalue weighted by molar-refractivity contribution is 5.73. The fraction of sp³-hybridized carbons (Fsp3) is 0.889. The summed E-state index contributed by atoms with van der Waals surface area (Å²) in [5.41, 5.74) is 0.219. The Labute approximate surface area is 73.2 Å². The monoisotopic (exact) mass is 171 g/mol. The molecule has 1 saturated heterocycles. The second-order valence-electron chi connectivity index (χ2n) is 4.60. The average molecular weight is 171 g/mol. The molecule has 0 aliphatic carbocycles. The third-order valence-corrected chi connectivity index (χ3v) is 2.65. The molecule has 1 aliphatic heterocycles. The van der Waals surface area contributed by atoms with Crippen molar-refractivity contribution in [3.05, 3.63) is 0 Å². The van der Waals surface area contributed by atoms with Crippen LogP contribution in [0.25, 0.3) is 0 Å². The molecule has 0 bridgehead atoms. The summed E-state index contributed by atoms with van der Waals surface area (Å²) in [6.07, 6.45) is 0.763. The van der Waals surface area contributed by atoms with Crippen LogP contribution < -0.4 is 5.32 Å². The summed E-state index contributed by atoms with van der Waals surface area (Å²) in [6, 6.07) is -0.325. The van der Waals surface area contributed by atoms with E-state index in [9.17, 15) is 4.79 Å². The van der Waals surface area contributed by atoms with E-state index in [4.69, 9.17) is 5.11 Å². The lowest BCUT2D eigenvalue weighted by Crippen LogP contribution is -2.30. The van der Waals surface area contributed by atoms with Crippen molar-refractivity contribution in [2.24, 2.45) is 11.3 Å². The molecule has 2 N–H and O–H groups in total. The van der Waals surface area contributed by atoms with Crippen molar-refractivity contribution in [2.75, 3.05) is 6.54 Å². The van der Waals surface area contributed by atoms with Crippen LogP contribution in [0.4, 0.5) is 0 Å². The highest BCUT2D eigenvalue weighted by Crippen LogP contribution is 2.32. The molecule has 1 aliphatic rings. The number of nitrogens with one attached hydrogen (secondary N) is 1. The second-order valence-corrected chi connectivity index (χ2v) is 4.60. The first-order valence-electron chi connectivity index (χ1n) is 4.37. The van der Waals surface area contributed by atoms with Gasteiger partial charge in [-0.05, 0) is 24.3 Å². The van der Waals surface area contributed by atoms with Gasteiger partial charge >= 0.3 is 5.97 Å². The summed E-state index contributed by atoms with van der Waals surface area (Å²) in [4.78, 5) is 10.6. The van der Waals surface area contributed by atoms with Gasteiger partial charge in [0.2, 0.25) is 0 Å². The van der Waals surface area contributed by atoms with Gasteiger partial charge in [0, 0.05) is 0 Å². The van der Waals surface area contributed by atoms with Gasteiger partial charge in [0.25, 0.3) is 0 Å². The molecule has 1 rings (SSSR count). The quantitative estimate of drug-likeness (QED) is 0.621. The summed E-state index contributed by atoms with van der Waals surface area (Å²) in [5, 5.41) is 11.7. The van der Waals surface area contributed by atoms with E-state index in [1.807, 2.05) is 0 Å². The Morgan fingerprint density at radius 1 is 1.50 bits per heavy atom. The van der Waals surface area contributed by atoms with Crippen molar-refractivity contribution in [1.29, 1.82) is 0 Å². The third-order valence-electron chi connectivity index (χ3n) is 2.65. The highest BCUT2D eigenvalue weighted by atomic mass is 16.4. The molecule has 0 aromatic rings. The van der Waals surface area contributed by atoms with E-state index in [-0.39, 0.29) is 11.5 Å². The second kappa shape index (κ2) is 3.05. The molecule has 1 fully saturated rings. The molecule has 1 unspecified atom stereocenters. The maximum absolute atomic E-state index is 10.6. The van der Waals surface area contributed by atoms with Gasteiger partial charge in [-0.25, -0.2) is 0 Å². The van der Waals surface area contributed by atoms with Crippen LogP contribution in [-0.4, -0.2) is 23.7 Å². The van der Waals surface area contributed by atoms with Crippen molar-refractivity contribution in [1.82, 2.24) is 5.32 Å². The molecule has 0 aromatic heterocycles. The van der Waals surface area contributed by atoms with E-state index < -0.39 is 5.97 Å². The summed E-state index contributed by atoms with van der Waals surface area (Å²) in [7, 11) is 0. The topological polar surface area (TPSA) is 49.3 Å². The van der Waals surface area contributed by atoms with Crippen molar-refractivity contribution >= 4 is 5.97 Å². The molecule has 3 heteroatoms. The molecule has 0 amide bonds. The molecule has 0 saturated carbocycles. The van der Waals surface area contributed by atoms with Crippen LogP contribution in [0, 0.1) is 11.3 Å². The molecule has 0 spiro atoms. The molecular weight excluding hydrogens is 154 g/mol. The summed E-state index contributed by atoms with van der Waals surface area (Å²) in [5.74, 6) is -0.236. The van der Waals surface area contributed by atoms with E-state index in [2.05, 4.69) is 26.1 Å². The predicted molar refractivity (Wildman–Crippen MR) is 47.0 cm³/mol. The first-order chi connectivity index (χ1) is 5.41. The molecule has 0 aromatic carbocycles. The van der Waals surface area contributed by atoms with Gasteiger partial charge in [0.05, 0.1) is 0 Å². The van der Waals surface area contributed by atoms with Crippen LogP contribution in [0.2, 0.25) is 0 Å². The maximum atomic E-state index is 10.6. The molecule has 2 atom stereocenters. The minimum absolute atomic E-state index is 0.219. The summed E-state index contributed by atoms with van der Waals surface area (Å²) >= 11 is 0. The van der Waals surface area contributed by atoms with Crippen LogP contribution in [0.5, 0.6) is 0 Å². The molecular formula is C9H17NO2. The van der Waals surface area contributed by atoms with Crippen molar-refractivity contribution in [3.8, 4) is 0 Å². The molecule has 3 nitrogen and oxygen atoms in total. The lowest BCUT2D eigenvalue weighted by molar-refractivity contribution is -0.139. The third kappa shape index (κ3) is 1.97. The van der Waals surface area contributed by atoms with Gasteiger partial charge < -0.3 is 10.4 Å². The largest absolute Gasteiger partial charge is 0.480 e. The zero-order valence-electron chi connectivity index (χ0n) is 7.92. The Morgan fingerprint density at radius 2 is 2.08 bits per heavy atom. The lowest BCUT2D eigenvalue weighted by Gasteiger charge is -2.25. The first-order valence-corrected chi connectivity index (χ1v) is 4.37. The fourth-order valence-electron chi connectivity index (χ4n) is 1.58. The number of hydrogen-bond acceptors (Lipinski definition) is 2. The molecule has 70 valence electrons. The number of carbonyl (C=O) groups is 1. The smallest absolute Gasteiger partial charge is 0.320 e. The summed E-state index contributed by atoms with van der Waals surface area (Å²) < 4.78 is 0. The van der Waals surface area contributed by atoms with Crippen molar-refractivity contribution in [2.45, 2.75) is 33.2 Å². The lowest BCUT2D eigenvalue weighted by atomic mass is 9.79. The standard InChI is InChI=1S/C9H17NO2/c1-9(2,3)6-4-7(8(11)12)10-5-6/h6-7,10H,4-5H2,1-3H3,(H,11,12)/t6?,7-/m0/s1. The Bertz CT molecular complexity index is 183.